The van der Waals surface area contributed by atoms with Crippen LogP contribution in [-0.4, -0.2) is 27.2 Å². The standard InChI is InChI=1S/C12H14N2O3/c1-6-8(5-9(13)12(16)17)7-3-2-4-10(15)11(7)14-6/h2-4,9,14-15H,5,13H2,1H3,(H,16,17). The summed E-state index contributed by atoms with van der Waals surface area (Å²) in [5.41, 5.74) is 7.82. The molecule has 2 rings (SSSR count). The first-order valence-electron chi connectivity index (χ1n) is 5.28. The molecule has 1 aromatic carbocycles. The third kappa shape index (κ3) is 1.97. The lowest BCUT2D eigenvalue weighted by molar-refractivity contribution is -0.138. The summed E-state index contributed by atoms with van der Waals surface area (Å²) >= 11 is 0. The molecule has 5 nitrogen and oxygen atoms in total. The molecule has 0 bridgehead atoms. The molecule has 1 unspecified atom stereocenters. The lowest BCUT2D eigenvalue weighted by Crippen LogP contribution is -2.32. The van der Waals surface area contributed by atoms with E-state index >= 15 is 0 Å². The van der Waals surface area contributed by atoms with Gasteiger partial charge in [-0.3, -0.25) is 4.79 Å². The minimum atomic E-state index is -1.03. The van der Waals surface area contributed by atoms with Gasteiger partial charge in [0.1, 0.15) is 11.8 Å². The summed E-state index contributed by atoms with van der Waals surface area (Å²) in [6.45, 7) is 1.84. The van der Waals surface area contributed by atoms with Crippen LogP contribution >= 0.6 is 0 Å². The topological polar surface area (TPSA) is 99.3 Å². The average molecular weight is 234 g/mol. The average Bonchev–Trinajstić information content (AvgIpc) is 2.58. The lowest BCUT2D eigenvalue weighted by Gasteiger charge is -2.06. The summed E-state index contributed by atoms with van der Waals surface area (Å²) < 4.78 is 0. The predicted octanol–water partition coefficient (Wildman–Crippen LogP) is 1.14. The van der Waals surface area contributed by atoms with Crippen LogP contribution < -0.4 is 5.73 Å². The summed E-state index contributed by atoms with van der Waals surface area (Å²) in [6.07, 6.45) is 0.241. The van der Waals surface area contributed by atoms with Crippen molar-refractivity contribution in [3.8, 4) is 5.75 Å². The Morgan fingerprint density at radius 2 is 2.24 bits per heavy atom. The number of para-hydroxylation sites is 1. The van der Waals surface area contributed by atoms with Crippen molar-refractivity contribution in [1.82, 2.24) is 4.98 Å². The highest BCUT2D eigenvalue weighted by Gasteiger charge is 2.17. The van der Waals surface area contributed by atoms with Crippen molar-refractivity contribution in [3.63, 3.8) is 0 Å². The number of hydrogen-bond acceptors (Lipinski definition) is 3. The fourth-order valence-corrected chi connectivity index (χ4v) is 1.96. The summed E-state index contributed by atoms with van der Waals surface area (Å²) in [4.78, 5) is 13.8. The molecule has 0 aliphatic rings. The molecule has 1 heterocycles. The number of carbonyl (C=O) groups is 1. The number of phenolic OH excluding ortho intramolecular Hbond substituents is 1. The van der Waals surface area contributed by atoms with Crippen molar-refractivity contribution < 1.29 is 15.0 Å². The molecule has 5 heteroatoms. The monoisotopic (exact) mass is 234 g/mol. The van der Waals surface area contributed by atoms with E-state index < -0.39 is 12.0 Å². The first-order chi connectivity index (χ1) is 8.00. The van der Waals surface area contributed by atoms with Crippen molar-refractivity contribution in [2.24, 2.45) is 5.73 Å². The van der Waals surface area contributed by atoms with E-state index in [0.29, 0.717) is 5.52 Å². The van der Waals surface area contributed by atoms with Crippen LogP contribution in [0.5, 0.6) is 5.75 Å². The maximum absolute atomic E-state index is 10.8. The zero-order chi connectivity index (χ0) is 12.6. The molecule has 5 N–H and O–H groups in total. The van der Waals surface area contributed by atoms with E-state index in [4.69, 9.17) is 10.8 Å². The SMILES string of the molecule is Cc1[nH]c2c(O)cccc2c1CC(N)C(=O)O. The van der Waals surface area contributed by atoms with Gasteiger partial charge in [0, 0.05) is 17.5 Å². The Morgan fingerprint density at radius 3 is 2.88 bits per heavy atom. The van der Waals surface area contributed by atoms with Crippen molar-refractivity contribution in [3.05, 3.63) is 29.5 Å². The fourth-order valence-electron chi connectivity index (χ4n) is 1.96. The maximum Gasteiger partial charge on any atom is 0.320 e. The Balaban J connectivity index is 2.50. The molecule has 0 saturated heterocycles. The minimum absolute atomic E-state index is 0.153. The van der Waals surface area contributed by atoms with Crippen LogP contribution in [0.25, 0.3) is 10.9 Å². The smallest absolute Gasteiger partial charge is 0.320 e. The van der Waals surface area contributed by atoms with Gasteiger partial charge in [0.05, 0.1) is 5.52 Å². The number of aromatic hydroxyl groups is 1. The highest BCUT2D eigenvalue weighted by Crippen LogP contribution is 2.29. The number of carboxylic acids is 1. The number of fused-ring (bicyclic) bond motifs is 1. The minimum Gasteiger partial charge on any atom is -0.506 e. The van der Waals surface area contributed by atoms with Crippen molar-refractivity contribution in [2.45, 2.75) is 19.4 Å². The summed E-state index contributed by atoms with van der Waals surface area (Å²) in [6, 6.07) is 4.21. The van der Waals surface area contributed by atoms with Crippen LogP contribution in [0.15, 0.2) is 18.2 Å². The van der Waals surface area contributed by atoms with Crippen LogP contribution in [0, 0.1) is 6.92 Å². The number of nitrogens with two attached hydrogens (primary N) is 1. The quantitative estimate of drug-likeness (QED) is 0.639. The zero-order valence-corrected chi connectivity index (χ0v) is 9.40. The van der Waals surface area contributed by atoms with Crippen LogP contribution in [0.3, 0.4) is 0 Å². The number of aromatic amines is 1. The maximum atomic E-state index is 10.8. The van der Waals surface area contributed by atoms with E-state index in [1.807, 2.05) is 13.0 Å². The van der Waals surface area contributed by atoms with Gasteiger partial charge in [0.25, 0.3) is 0 Å². The number of hydrogen-bond donors (Lipinski definition) is 4. The van der Waals surface area contributed by atoms with E-state index in [1.54, 1.807) is 12.1 Å². The molecule has 1 aromatic heterocycles. The van der Waals surface area contributed by atoms with Crippen molar-refractivity contribution in [1.29, 1.82) is 0 Å². The number of phenols is 1. The van der Waals surface area contributed by atoms with Gasteiger partial charge in [-0.25, -0.2) is 0 Å². The van der Waals surface area contributed by atoms with Gasteiger partial charge in [-0.1, -0.05) is 12.1 Å². The molecule has 0 spiro atoms. The number of aromatic nitrogens is 1. The molecule has 1 atom stereocenters. The molecule has 2 aromatic rings. The van der Waals surface area contributed by atoms with Crippen molar-refractivity contribution in [2.75, 3.05) is 0 Å². The Morgan fingerprint density at radius 1 is 1.53 bits per heavy atom. The van der Waals surface area contributed by atoms with Gasteiger partial charge >= 0.3 is 5.97 Å². The first kappa shape index (κ1) is 11.5. The Kier molecular flexibility index (Phi) is 2.77. The number of H-pyrrole nitrogens is 1. The van der Waals surface area contributed by atoms with Crippen LogP contribution in [0.2, 0.25) is 0 Å². The molecule has 0 amide bonds. The second-order valence-electron chi connectivity index (χ2n) is 4.08. The Hall–Kier alpha value is -2.01. The molecule has 0 aliphatic carbocycles. The summed E-state index contributed by atoms with van der Waals surface area (Å²) in [5.74, 6) is -0.875. The largest absolute Gasteiger partial charge is 0.506 e. The van der Waals surface area contributed by atoms with E-state index in [-0.39, 0.29) is 12.2 Å². The van der Waals surface area contributed by atoms with E-state index in [9.17, 15) is 9.90 Å². The van der Waals surface area contributed by atoms with Crippen molar-refractivity contribution >= 4 is 16.9 Å². The number of aryl methyl sites for hydroxylation is 1. The summed E-state index contributed by atoms with van der Waals surface area (Å²) in [7, 11) is 0. The van der Waals surface area contributed by atoms with Crippen LogP contribution in [-0.2, 0) is 11.2 Å². The summed E-state index contributed by atoms with van der Waals surface area (Å²) in [5, 5.41) is 19.3. The second-order valence-corrected chi connectivity index (χ2v) is 4.08. The Bertz CT molecular complexity index is 574. The third-order valence-electron chi connectivity index (χ3n) is 2.87. The molecular formula is C12H14N2O3. The number of carboxylic acid groups (broad SMARTS) is 1. The lowest BCUT2D eigenvalue weighted by atomic mass is 10.0. The predicted molar refractivity (Wildman–Crippen MR) is 64.0 cm³/mol. The number of benzene rings is 1. The molecule has 0 radical (unpaired) electrons. The third-order valence-corrected chi connectivity index (χ3v) is 2.87. The van der Waals surface area contributed by atoms with Gasteiger partial charge in [-0.15, -0.1) is 0 Å². The zero-order valence-electron chi connectivity index (χ0n) is 9.40. The normalized spacial score (nSPS) is 12.8. The highest BCUT2D eigenvalue weighted by molar-refractivity contribution is 5.90. The van der Waals surface area contributed by atoms with Gasteiger partial charge in [0.2, 0.25) is 0 Å². The highest BCUT2D eigenvalue weighted by atomic mass is 16.4. The molecule has 90 valence electrons. The van der Waals surface area contributed by atoms with E-state index in [2.05, 4.69) is 4.98 Å². The van der Waals surface area contributed by atoms with Gasteiger partial charge < -0.3 is 20.9 Å². The second kappa shape index (κ2) is 4.10. The van der Waals surface area contributed by atoms with Gasteiger partial charge in [-0.05, 0) is 18.6 Å². The number of rotatable bonds is 3. The van der Waals surface area contributed by atoms with E-state index in [1.165, 1.54) is 0 Å². The first-order valence-corrected chi connectivity index (χ1v) is 5.28. The van der Waals surface area contributed by atoms with E-state index in [0.717, 1.165) is 16.6 Å². The number of nitrogens with one attached hydrogen (secondary N) is 1. The molecular weight excluding hydrogens is 220 g/mol. The van der Waals surface area contributed by atoms with Crippen LogP contribution in [0.4, 0.5) is 0 Å². The van der Waals surface area contributed by atoms with Gasteiger partial charge in [-0.2, -0.15) is 0 Å². The van der Waals surface area contributed by atoms with Gasteiger partial charge in [0.15, 0.2) is 0 Å². The molecule has 0 fully saturated rings. The Labute approximate surface area is 97.9 Å². The molecule has 17 heavy (non-hydrogen) atoms. The molecule has 0 saturated carbocycles. The fraction of sp³-hybridized carbons (Fsp3) is 0.250. The molecule has 0 aliphatic heterocycles. The number of aliphatic carboxylic acids is 1. The van der Waals surface area contributed by atoms with Crippen LogP contribution in [0.1, 0.15) is 11.3 Å².